The summed E-state index contributed by atoms with van der Waals surface area (Å²) >= 11 is 0. The predicted octanol–water partition coefficient (Wildman–Crippen LogP) is 6.24. The molecule has 3 aromatic rings. The number of aliphatic hydroxyl groups is 1. The summed E-state index contributed by atoms with van der Waals surface area (Å²) in [7, 11) is 0. The number of amides is 1. The van der Waals surface area contributed by atoms with Gasteiger partial charge in [-0.25, -0.2) is 0 Å². The van der Waals surface area contributed by atoms with Crippen LogP contribution in [0.15, 0.2) is 72.3 Å². The maximum atomic E-state index is 13.3. The lowest BCUT2D eigenvalue weighted by Gasteiger charge is -2.25. The van der Waals surface area contributed by atoms with E-state index in [9.17, 15) is 14.7 Å². The van der Waals surface area contributed by atoms with Crippen LogP contribution in [-0.2, 0) is 9.59 Å². The molecule has 3 aromatic carbocycles. The number of aliphatic hydroxyl groups excluding tert-OH is 1. The van der Waals surface area contributed by atoms with Gasteiger partial charge in [-0.2, -0.15) is 0 Å². The zero-order chi connectivity index (χ0) is 24.2. The Labute approximate surface area is 200 Å². The van der Waals surface area contributed by atoms with Gasteiger partial charge in [-0.3, -0.25) is 9.59 Å². The van der Waals surface area contributed by atoms with Crippen LogP contribution in [0.2, 0.25) is 0 Å². The summed E-state index contributed by atoms with van der Waals surface area (Å²) in [4.78, 5) is 28.0. The Kier molecular flexibility index (Phi) is 7.01. The second kappa shape index (κ2) is 10.1. The number of unbranched alkanes of at least 4 members (excludes halogenated alkanes) is 2. The minimum atomic E-state index is -0.649. The van der Waals surface area contributed by atoms with Gasteiger partial charge < -0.3 is 14.7 Å². The molecule has 1 fully saturated rings. The molecule has 0 aliphatic carbocycles. The van der Waals surface area contributed by atoms with Crippen molar-refractivity contribution in [3.63, 3.8) is 0 Å². The first-order valence-electron chi connectivity index (χ1n) is 12.0. The fourth-order valence-corrected chi connectivity index (χ4v) is 4.57. The van der Waals surface area contributed by atoms with Crippen LogP contribution in [0.4, 0.5) is 0 Å². The number of hydrogen-bond donors (Lipinski definition) is 1. The molecule has 1 aliphatic rings. The number of ketones is 1. The highest BCUT2D eigenvalue weighted by molar-refractivity contribution is 6.46. The molecule has 1 aliphatic heterocycles. The summed E-state index contributed by atoms with van der Waals surface area (Å²) in [6.07, 6.45) is 2.80. The van der Waals surface area contributed by atoms with Crippen molar-refractivity contribution in [3.8, 4) is 5.75 Å². The van der Waals surface area contributed by atoms with Crippen LogP contribution in [0.5, 0.6) is 5.75 Å². The standard InChI is InChI=1S/C29H31NO4/c1-4-5-8-18-30-26(21-14-16-22(17-15-21)34-19(2)3)25(28(32)29(30)33)27(31)24-13-9-11-20-10-6-7-12-23(20)24/h6-7,9-17,19,26,31H,4-5,8,18H2,1-3H3/b27-25-. The molecule has 1 unspecified atom stereocenters. The van der Waals surface area contributed by atoms with E-state index in [-0.39, 0.29) is 17.4 Å². The second-order valence-corrected chi connectivity index (χ2v) is 8.96. The van der Waals surface area contributed by atoms with Crippen molar-refractivity contribution in [1.29, 1.82) is 0 Å². The van der Waals surface area contributed by atoms with Gasteiger partial charge >= 0.3 is 0 Å². The quantitative estimate of drug-likeness (QED) is 0.188. The molecular weight excluding hydrogens is 426 g/mol. The van der Waals surface area contributed by atoms with Crippen LogP contribution in [0.25, 0.3) is 16.5 Å². The number of benzene rings is 3. The van der Waals surface area contributed by atoms with Gasteiger partial charge in [0.2, 0.25) is 0 Å². The van der Waals surface area contributed by atoms with Crippen molar-refractivity contribution >= 4 is 28.2 Å². The van der Waals surface area contributed by atoms with Crippen molar-refractivity contribution in [2.45, 2.75) is 52.2 Å². The van der Waals surface area contributed by atoms with Gasteiger partial charge in [0.15, 0.2) is 0 Å². The molecule has 0 radical (unpaired) electrons. The molecule has 0 aromatic heterocycles. The topological polar surface area (TPSA) is 66.8 Å². The fourth-order valence-electron chi connectivity index (χ4n) is 4.57. The minimum absolute atomic E-state index is 0.0388. The minimum Gasteiger partial charge on any atom is -0.507 e. The first kappa shape index (κ1) is 23.6. The Morgan fingerprint density at radius 1 is 0.971 bits per heavy atom. The lowest BCUT2D eigenvalue weighted by molar-refractivity contribution is -0.139. The van der Waals surface area contributed by atoms with Crippen LogP contribution in [0.1, 0.15) is 57.2 Å². The Morgan fingerprint density at radius 3 is 2.38 bits per heavy atom. The average molecular weight is 458 g/mol. The molecule has 176 valence electrons. The van der Waals surface area contributed by atoms with Crippen molar-refractivity contribution in [1.82, 2.24) is 4.90 Å². The highest BCUT2D eigenvalue weighted by Gasteiger charge is 2.45. The van der Waals surface area contributed by atoms with Gasteiger partial charge in [-0.1, -0.05) is 74.4 Å². The van der Waals surface area contributed by atoms with Crippen molar-refractivity contribution < 1.29 is 19.4 Å². The van der Waals surface area contributed by atoms with Gasteiger partial charge in [0, 0.05) is 12.1 Å². The van der Waals surface area contributed by atoms with Gasteiger partial charge in [0.1, 0.15) is 11.5 Å². The third-order valence-electron chi connectivity index (χ3n) is 6.15. The summed E-state index contributed by atoms with van der Waals surface area (Å²) in [5.74, 6) is -0.628. The lowest BCUT2D eigenvalue weighted by Crippen LogP contribution is -2.30. The maximum Gasteiger partial charge on any atom is 0.295 e. The largest absolute Gasteiger partial charge is 0.507 e. The number of rotatable bonds is 8. The van der Waals surface area contributed by atoms with E-state index >= 15 is 0 Å². The third-order valence-corrected chi connectivity index (χ3v) is 6.15. The third kappa shape index (κ3) is 4.56. The molecule has 1 saturated heterocycles. The first-order chi connectivity index (χ1) is 16.4. The highest BCUT2D eigenvalue weighted by atomic mass is 16.5. The molecular formula is C29H31NO4. The fraction of sp³-hybridized carbons (Fsp3) is 0.310. The second-order valence-electron chi connectivity index (χ2n) is 8.96. The molecule has 0 spiro atoms. The van der Waals surface area contributed by atoms with Gasteiger partial charge in [0.25, 0.3) is 11.7 Å². The summed E-state index contributed by atoms with van der Waals surface area (Å²) in [6.45, 7) is 6.47. The zero-order valence-corrected chi connectivity index (χ0v) is 20.0. The molecule has 1 atom stereocenters. The average Bonchev–Trinajstić information content (AvgIpc) is 3.08. The first-order valence-corrected chi connectivity index (χ1v) is 12.0. The number of ether oxygens (including phenoxy) is 1. The van der Waals surface area contributed by atoms with E-state index in [0.29, 0.717) is 12.1 Å². The molecule has 1 N–H and O–H groups in total. The zero-order valence-electron chi connectivity index (χ0n) is 20.0. The SMILES string of the molecule is CCCCCN1C(=O)C(=O)/C(=C(\O)c2cccc3ccccc23)C1c1ccc(OC(C)C)cc1. The number of fused-ring (bicyclic) bond motifs is 1. The van der Waals surface area contributed by atoms with E-state index in [1.54, 1.807) is 11.0 Å². The molecule has 0 bridgehead atoms. The number of carbonyl (C=O) groups is 2. The van der Waals surface area contributed by atoms with Gasteiger partial charge in [0.05, 0.1) is 17.7 Å². The number of likely N-dealkylation sites (tertiary alicyclic amines) is 1. The van der Waals surface area contributed by atoms with Crippen molar-refractivity contribution in [2.24, 2.45) is 0 Å². The molecule has 4 rings (SSSR count). The van der Waals surface area contributed by atoms with E-state index in [2.05, 4.69) is 6.92 Å². The van der Waals surface area contributed by atoms with Crippen molar-refractivity contribution in [2.75, 3.05) is 6.54 Å². The summed E-state index contributed by atoms with van der Waals surface area (Å²) in [6, 6.07) is 20.1. The number of Topliss-reactive ketones (excluding diaryl/α,β-unsaturated/α-hetero) is 1. The van der Waals surface area contributed by atoms with Crippen molar-refractivity contribution in [3.05, 3.63) is 83.4 Å². The Morgan fingerprint density at radius 2 is 1.68 bits per heavy atom. The summed E-state index contributed by atoms with van der Waals surface area (Å²) < 4.78 is 5.76. The Balaban J connectivity index is 1.84. The Bertz CT molecular complexity index is 1220. The monoisotopic (exact) mass is 457 g/mol. The maximum absolute atomic E-state index is 13.3. The summed E-state index contributed by atoms with van der Waals surface area (Å²) in [5.41, 5.74) is 1.46. The number of carbonyl (C=O) groups excluding carboxylic acids is 2. The van der Waals surface area contributed by atoms with Crippen LogP contribution in [0, 0.1) is 0 Å². The van der Waals surface area contributed by atoms with E-state index in [4.69, 9.17) is 4.74 Å². The number of hydrogen-bond acceptors (Lipinski definition) is 4. The van der Waals surface area contributed by atoms with E-state index in [1.807, 2.05) is 74.5 Å². The predicted molar refractivity (Wildman–Crippen MR) is 135 cm³/mol. The van der Waals surface area contributed by atoms with E-state index < -0.39 is 17.7 Å². The Hall–Kier alpha value is -3.60. The molecule has 5 heteroatoms. The molecule has 5 nitrogen and oxygen atoms in total. The normalized spacial score (nSPS) is 17.6. The van der Waals surface area contributed by atoms with Crippen LogP contribution in [0.3, 0.4) is 0 Å². The van der Waals surface area contributed by atoms with Gasteiger partial charge in [-0.05, 0) is 48.7 Å². The molecule has 1 amide bonds. The van der Waals surface area contributed by atoms with Gasteiger partial charge in [-0.15, -0.1) is 0 Å². The van der Waals surface area contributed by atoms with E-state index in [0.717, 1.165) is 41.3 Å². The van der Waals surface area contributed by atoms with Crippen LogP contribution < -0.4 is 4.74 Å². The molecule has 1 heterocycles. The van der Waals surface area contributed by atoms with E-state index in [1.165, 1.54) is 0 Å². The highest BCUT2D eigenvalue weighted by Crippen LogP contribution is 2.41. The molecule has 0 saturated carbocycles. The molecule has 34 heavy (non-hydrogen) atoms. The summed E-state index contributed by atoms with van der Waals surface area (Å²) in [5, 5.41) is 13.2. The van der Waals surface area contributed by atoms with Crippen LogP contribution in [-0.4, -0.2) is 34.3 Å². The van der Waals surface area contributed by atoms with Crippen LogP contribution >= 0.6 is 0 Å². The smallest absolute Gasteiger partial charge is 0.295 e. The lowest BCUT2D eigenvalue weighted by atomic mass is 9.93. The number of nitrogens with zero attached hydrogens (tertiary/aromatic N) is 1.